The van der Waals surface area contributed by atoms with Gasteiger partial charge in [-0.1, -0.05) is 6.07 Å². The summed E-state index contributed by atoms with van der Waals surface area (Å²) in [4.78, 5) is 27.9. The summed E-state index contributed by atoms with van der Waals surface area (Å²) in [5.74, 6) is -2.88. The number of pyridine rings is 1. The van der Waals surface area contributed by atoms with Gasteiger partial charge in [-0.15, -0.1) is 0 Å². The van der Waals surface area contributed by atoms with Gasteiger partial charge in [0.15, 0.2) is 0 Å². The Labute approximate surface area is 130 Å². The van der Waals surface area contributed by atoms with E-state index in [2.05, 4.69) is 15.6 Å². The van der Waals surface area contributed by atoms with Gasteiger partial charge < -0.3 is 10.6 Å². The lowest BCUT2D eigenvalue weighted by Crippen LogP contribution is -2.26. The lowest BCUT2D eigenvalue weighted by Gasteiger charge is -2.08. The highest BCUT2D eigenvalue weighted by Crippen LogP contribution is 2.20. The van der Waals surface area contributed by atoms with Crippen molar-refractivity contribution in [3.63, 3.8) is 0 Å². The molecule has 23 heavy (non-hydrogen) atoms. The van der Waals surface area contributed by atoms with Crippen LogP contribution in [0.5, 0.6) is 0 Å². The zero-order valence-electron chi connectivity index (χ0n) is 12.0. The lowest BCUT2D eigenvalue weighted by molar-refractivity contribution is 0.0951. The average molecular weight is 317 g/mol. The Balaban J connectivity index is 1.78. The largest absolute Gasteiger partial charge is 0.349 e. The highest BCUT2D eigenvalue weighted by molar-refractivity contribution is 6.04. The molecule has 2 amide bonds. The summed E-state index contributed by atoms with van der Waals surface area (Å²) < 4.78 is 27.1. The SMILES string of the molecule is O=C(NC1CC1)c1ccnc(C(=O)Nc2c(F)cccc2F)c1. The molecule has 3 rings (SSSR count). The Kier molecular flexibility index (Phi) is 4.01. The van der Waals surface area contributed by atoms with Gasteiger partial charge in [0.1, 0.15) is 23.0 Å². The highest BCUT2D eigenvalue weighted by atomic mass is 19.1. The zero-order valence-corrected chi connectivity index (χ0v) is 12.0. The molecule has 1 fully saturated rings. The predicted molar refractivity (Wildman–Crippen MR) is 79.0 cm³/mol. The molecule has 5 nitrogen and oxygen atoms in total. The van der Waals surface area contributed by atoms with Crippen LogP contribution in [0.2, 0.25) is 0 Å². The van der Waals surface area contributed by atoms with Crippen molar-refractivity contribution in [3.8, 4) is 0 Å². The molecule has 0 atom stereocenters. The fourth-order valence-corrected chi connectivity index (χ4v) is 1.99. The minimum absolute atomic E-state index is 0.101. The van der Waals surface area contributed by atoms with Crippen molar-refractivity contribution < 1.29 is 18.4 Å². The number of para-hydroxylation sites is 1. The average Bonchev–Trinajstić information content (AvgIpc) is 3.35. The molecular weight excluding hydrogens is 304 g/mol. The van der Waals surface area contributed by atoms with Crippen molar-refractivity contribution in [1.29, 1.82) is 0 Å². The number of hydrogen-bond donors (Lipinski definition) is 2. The number of benzene rings is 1. The topological polar surface area (TPSA) is 71.1 Å². The molecule has 0 unspecified atom stereocenters. The van der Waals surface area contributed by atoms with E-state index in [4.69, 9.17) is 0 Å². The number of anilines is 1. The molecule has 118 valence electrons. The molecule has 1 aromatic carbocycles. The predicted octanol–water partition coefficient (Wildman–Crippen LogP) is 2.50. The van der Waals surface area contributed by atoms with E-state index in [-0.39, 0.29) is 23.2 Å². The third-order valence-electron chi connectivity index (χ3n) is 3.37. The van der Waals surface area contributed by atoms with Crippen LogP contribution in [-0.2, 0) is 0 Å². The molecule has 2 aromatic rings. The van der Waals surface area contributed by atoms with E-state index in [0.717, 1.165) is 25.0 Å². The van der Waals surface area contributed by atoms with Gasteiger partial charge in [0, 0.05) is 17.8 Å². The molecule has 1 aliphatic carbocycles. The summed E-state index contributed by atoms with van der Waals surface area (Å²) in [5.41, 5.74) is -0.380. The maximum atomic E-state index is 13.5. The van der Waals surface area contributed by atoms with Crippen molar-refractivity contribution in [2.45, 2.75) is 18.9 Å². The Hall–Kier alpha value is -2.83. The summed E-state index contributed by atoms with van der Waals surface area (Å²) in [6.07, 6.45) is 3.18. The molecule has 0 saturated heterocycles. The maximum Gasteiger partial charge on any atom is 0.274 e. The Morgan fingerprint density at radius 1 is 1.09 bits per heavy atom. The highest BCUT2D eigenvalue weighted by Gasteiger charge is 2.24. The van der Waals surface area contributed by atoms with Gasteiger partial charge in [0.05, 0.1) is 0 Å². The quantitative estimate of drug-likeness (QED) is 0.910. The number of nitrogens with zero attached hydrogens (tertiary/aromatic N) is 1. The number of nitrogens with one attached hydrogen (secondary N) is 2. The van der Waals surface area contributed by atoms with Crippen LogP contribution in [0.1, 0.15) is 33.7 Å². The summed E-state index contributed by atoms with van der Waals surface area (Å²) in [5, 5.41) is 4.92. The van der Waals surface area contributed by atoms with E-state index in [9.17, 15) is 18.4 Å². The monoisotopic (exact) mass is 317 g/mol. The van der Waals surface area contributed by atoms with E-state index in [1.165, 1.54) is 24.4 Å². The van der Waals surface area contributed by atoms with Crippen LogP contribution in [0, 0.1) is 11.6 Å². The molecule has 0 aliphatic heterocycles. The summed E-state index contributed by atoms with van der Waals surface area (Å²) >= 11 is 0. The Morgan fingerprint density at radius 2 is 1.78 bits per heavy atom. The third-order valence-corrected chi connectivity index (χ3v) is 3.37. The fraction of sp³-hybridized carbons (Fsp3) is 0.188. The second-order valence-corrected chi connectivity index (χ2v) is 5.23. The first-order valence-corrected chi connectivity index (χ1v) is 7.07. The van der Waals surface area contributed by atoms with Gasteiger partial charge in [-0.05, 0) is 37.1 Å². The summed E-state index contributed by atoms with van der Waals surface area (Å²) in [6.45, 7) is 0. The molecule has 7 heteroatoms. The molecule has 2 N–H and O–H groups in total. The molecule has 1 aliphatic rings. The van der Waals surface area contributed by atoms with Gasteiger partial charge in [0.25, 0.3) is 11.8 Å². The zero-order chi connectivity index (χ0) is 16.4. The van der Waals surface area contributed by atoms with Gasteiger partial charge >= 0.3 is 0 Å². The molecule has 1 heterocycles. The van der Waals surface area contributed by atoms with Crippen molar-refractivity contribution in [2.75, 3.05) is 5.32 Å². The number of halogens is 2. The Morgan fingerprint density at radius 3 is 2.43 bits per heavy atom. The van der Waals surface area contributed by atoms with Gasteiger partial charge in [-0.2, -0.15) is 0 Å². The second kappa shape index (κ2) is 6.12. The van der Waals surface area contributed by atoms with Crippen LogP contribution in [0.15, 0.2) is 36.5 Å². The molecule has 1 saturated carbocycles. The number of aromatic nitrogens is 1. The molecule has 0 radical (unpaired) electrons. The normalized spacial score (nSPS) is 13.5. The van der Waals surface area contributed by atoms with Crippen molar-refractivity contribution >= 4 is 17.5 Å². The van der Waals surface area contributed by atoms with E-state index < -0.39 is 23.2 Å². The first-order chi connectivity index (χ1) is 11.0. The number of carbonyl (C=O) groups excluding carboxylic acids is 2. The van der Waals surface area contributed by atoms with Crippen molar-refractivity contribution in [1.82, 2.24) is 10.3 Å². The first kappa shape index (κ1) is 15.1. The molecule has 1 aromatic heterocycles. The van der Waals surface area contributed by atoms with Crippen LogP contribution in [0.4, 0.5) is 14.5 Å². The van der Waals surface area contributed by atoms with Gasteiger partial charge in [-0.25, -0.2) is 8.78 Å². The smallest absolute Gasteiger partial charge is 0.274 e. The van der Waals surface area contributed by atoms with Crippen molar-refractivity contribution in [2.24, 2.45) is 0 Å². The van der Waals surface area contributed by atoms with E-state index >= 15 is 0 Å². The molecule has 0 bridgehead atoms. The van der Waals surface area contributed by atoms with Crippen LogP contribution in [-0.4, -0.2) is 22.8 Å². The van der Waals surface area contributed by atoms with Crippen LogP contribution < -0.4 is 10.6 Å². The van der Waals surface area contributed by atoms with Crippen LogP contribution >= 0.6 is 0 Å². The van der Waals surface area contributed by atoms with E-state index in [0.29, 0.717) is 0 Å². The number of rotatable bonds is 4. The van der Waals surface area contributed by atoms with Crippen LogP contribution in [0.3, 0.4) is 0 Å². The van der Waals surface area contributed by atoms with E-state index in [1.54, 1.807) is 0 Å². The van der Waals surface area contributed by atoms with Gasteiger partial charge in [0.2, 0.25) is 0 Å². The molecular formula is C16H13F2N3O2. The summed E-state index contributed by atoms with van der Waals surface area (Å²) in [7, 11) is 0. The second-order valence-electron chi connectivity index (χ2n) is 5.23. The third kappa shape index (κ3) is 3.50. The number of hydrogen-bond acceptors (Lipinski definition) is 3. The van der Waals surface area contributed by atoms with Crippen LogP contribution in [0.25, 0.3) is 0 Å². The standard InChI is InChI=1S/C16H13F2N3O2/c17-11-2-1-3-12(18)14(11)21-16(23)13-8-9(6-7-19-13)15(22)20-10-4-5-10/h1-3,6-8,10H,4-5H2,(H,20,22)(H,21,23). The minimum atomic E-state index is -0.888. The number of amides is 2. The number of carbonyl (C=O) groups is 2. The first-order valence-electron chi connectivity index (χ1n) is 7.07. The Bertz CT molecular complexity index is 755. The van der Waals surface area contributed by atoms with Crippen molar-refractivity contribution in [3.05, 3.63) is 59.4 Å². The lowest BCUT2D eigenvalue weighted by atomic mass is 10.2. The minimum Gasteiger partial charge on any atom is -0.349 e. The van der Waals surface area contributed by atoms with Gasteiger partial charge in [-0.3, -0.25) is 14.6 Å². The summed E-state index contributed by atoms with van der Waals surface area (Å²) in [6, 6.07) is 6.20. The fourth-order valence-electron chi connectivity index (χ4n) is 1.99. The maximum absolute atomic E-state index is 13.5. The molecule has 0 spiro atoms. The van der Waals surface area contributed by atoms with E-state index in [1.807, 2.05) is 0 Å².